The van der Waals surface area contributed by atoms with Crippen LogP contribution < -0.4 is 0 Å². The van der Waals surface area contributed by atoms with Crippen LogP contribution in [-0.2, 0) is 0 Å². The quantitative estimate of drug-likeness (QED) is 0.146. The van der Waals surface area contributed by atoms with Crippen LogP contribution in [0.5, 0.6) is 0 Å². The Kier molecular flexibility index (Phi) is 8.50. The van der Waals surface area contributed by atoms with Gasteiger partial charge in [-0.2, -0.15) is 0 Å². The largest absolute Gasteiger partial charge is 0.309 e. The molecular formula is C53H38N4. The SMILES string of the molecule is C=C(/C=C\C=C/C)c1cc(-c2ccccc2)nc(-n2c3ccccc3c3cc(-c4ccc5c(c4)c4ccccc4n5-c4cccc(-c5ccccc5)c4)ccc32)n1. The van der Waals surface area contributed by atoms with Crippen LogP contribution in [0.1, 0.15) is 12.6 Å². The maximum Gasteiger partial charge on any atom is 0.235 e. The Morgan fingerprint density at radius 3 is 1.67 bits per heavy atom. The van der Waals surface area contributed by atoms with Crippen LogP contribution in [0.15, 0.2) is 207 Å². The maximum atomic E-state index is 5.19. The van der Waals surface area contributed by atoms with Crippen molar-refractivity contribution in [2.45, 2.75) is 6.92 Å². The van der Waals surface area contributed by atoms with Crippen molar-refractivity contribution in [2.75, 3.05) is 0 Å². The molecule has 0 fully saturated rings. The molecule has 0 unspecified atom stereocenters. The third kappa shape index (κ3) is 6.05. The van der Waals surface area contributed by atoms with Crippen LogP contribution in [-0.4, -0.2) is 19.1 Å². The molecule has 270 valence electrons. The van der Waals surface area contributed by atoms with E-state index in [0.29, 0.717) is 5.95 Å². The molecule has 57 heavy (non-hydrogen) atoms. The summed E-state index contributed by atoms with van der Waals surface area (Å²) < 4.78 is 4.58. The molecule has 7 aromatic carbocycles. The average molecular weight is 731 g/mol. The molecule has 0 N–H and O–H groups in total. The van der Waals surface area contributed by atoms with Gasteiger partial charge in [0.25, 0.3) is 0 Å². The fourth-order valence-corrected chi connectivity index (χ4v) is 8.08. The van der Waals surface area contributed by atoms with Crippen molar-refractivity contribution in [1.29, 1.82) is 0 Å². The highest BCUT2D eigenvalue weighted by Gasteiger charge is 2.19. The van der Waals surface area contributed by atoms with E-state index in [2.05, 4.69) is 167 Å². The van der Waals surface area contributed by atoms with Crippen molar-refractivity contribution in [3.05, 3.63) is 213 Å². The Morgan fingerprint density at radius 2 is 1.00 bits per heavy atom. The molecule has 0 saturated carbocycles. The Balaban J connectivity index is 1.12. The number of hydrogen-bond acceptors (Lipinski definition) is 2. The first-order valence-corrected chi connectivity index (χ1v) is 19.3. The summed E-state index contributed by atoms with van der Waals surface area (Å²) in [5.74, 6) is 0.608. The van der Waals surface area contributed by atoms with Crippen molar-refractivity contribution in [3.63, 3.8) is 0 Å². The standard InChI is InChI=1S/C53H38N4/c1-3-4-7-17-36(2)47-35-48(38-20-10-6-11-21-38)55-53(54-47)57-50-27-15-13-25-44(50)46-34-41(29-31-52(46)57)40-28-30-51-45(33-40)43-24-12-14-26-49(43)56(51)42-23-16-22-39(32-42)37-18-8-5-9-19-37/h3-35H,2H2,1H3/b4-3-,17-7-. The first-order valence-electron chi connectivity index (χ1n) is 19.3. The minimum Gasteiger partial charge on any atom is -0.309 e. The van der Waals surface area contributed by atoms with Crippen molar-refractivity contribution >= 4 is 49.2 Å². The summed E-state index contributed by atoms with van der Waals surface area (Å²) in [6, 6.07) is 62.6. The minimum atomic E-state index is 0.608. The minimum absolute atomic E-state index is 0.608. The van der Waals surface area contributed by atoms with E-state index >= 15 is 0 Å². The highest BCUT2D eigenvalue weighted by molar-refractivity contribution is 6.12. The van der Waals surface area contributed by atoms with Gasteiger partial charge in [-0.25, -0.2) is 9.97 Å². The smallest absolute Gasteiger partial charge is 0.235 e. The monoisotopic (exact) mass is 730 g/mol. The van der Waals surface area contributed by atoms with E-state index in [0.717, 1.165) is 61.1 Å². The normalized spacial score (nSPS) is 11.9. The fourth-order valence-electron chi connectivity index (χ4n) is 8.08. The predicted molar refractivity (Wildman–Crippen MR) is 240 cm³/mol. The number of nitrogens with zero attached hydrogens (tertiary/aromatic N) is 4. The molecule has 0 radical (unpaired) electrons. The van der Waals surface area contributed by atoms with Crippen molar-refractivity contribution in [2.24, 2.45) is 0 Å². The van der Waals surface area contributed by atoms with Gasteiger partial charge in [-0.1, -0.05) is 152 Å². The second-order valence-electron chi connectivity index (χ2n) is 14.3. The van der Waals surface area contributed by atoms with Crippen LogP contribution >= 0.6 is 0 Å². The van der Waals surface area contributed by atoms with E-state index < -0.39 is 0 Å². The van der Waals surface area contributed by atoms with Crippen LogP contribution in [0.3, 0.4) is 0 Å². The van der Waals surface area contributed by atoms with Crippen molar-refractivity contribution in [1.82, 2.24) is 19.1 Å². The fraction of sp³-hybridized carbons (Fsp3) is 0.0189. The van der Waals surface area contributed by atoms with Crippen LogP contribution in [0.2, 0.25) is 0 Å². The number of para-hydroxylation sites is 2. The molecule has 0 spiro atoms. The Bertz CT molecular complexity index is 3200. The van der Waals surface area contributed by atoms with Gasteiger partial charge in [0.05, 0.1) is 33.5 Å². The molecule has 0 aliphatic rings. The molecule has 3 aromatic heterocycles. The van der Waals surface area contributed by atoms with Crippen LogP contribution in [0.4, 0.5) is 0 Å². The average Bonchev–Trinajstić information content (AvgIpc) is 3.79. The molecule has 0 aliphatic carbocycles. The van der Waals surface area contributed by atoms with Gasteiger partial charge in [-0.15, -0.1) is 0 Å². The topological polar surface area (TPSA) is 35.6 Å². The number of hydrogen-bond donors (Lipinski definition) is 0. The third-order valence-corrected chi connectivity index (χ3v) is 10.8. The third-order valence-electron chi connectivity index (χ3n) is 10.8. The first kappa shape index (κ1) is 34.0. The summed E-state index contributed by atoms with van der Waals surface area (Å²) in [5.41, 5.74) is 13.8. The zero-order chi connectivity index (χ0) is 38.3. The molecule has 10 aromatic rings. The van der Waals surface area contributed by atoms with Gasteiger partial charge >= 0.3 is 0 Å². The van der Waals surface area contributed by atoms with E-state index in [4.69, 9.17) is 9.97 Å². The number of benzene rings is 7. The highest BCUT2D eigenvalue weighted by Crippen LogP contribution is 2.39. The van der Waals surface area contributed by atoms with Gasteiger partial charge in [0.1, 0.15) is 0 Å². The van der Waals surface area contributed by atoms with E-state index in [1.54, 1.807) is 0 Å². The maximum absolute atomic E-state index is 5.19. The molecule has 10 rings (SSSR count). The van der Waals surface area contributed by atoms with Gasteiger partial charge in [0.15, 0.2) is 0 Å². The van der Waals surface area contributed by atoms with Crippen LogP contribution in [0.25, 0.3) is 94.3 Å². The molecule has 0 bridgehead atoms. The van der Waals surface area contributed by atoms with E-state index in [9.17, 15) is 0 Å². The molecule has 0 amide bonds. The molecule has 4 nitrogen and oxygen atoms in total. The first-order chi connectivity index (χ1) is 28.1. The summed E-state index contributed by atoms with van der Waals surface area (Å²) >= 11 is 0. The van der Waals surface area contributed by atoms with E-state index in [1.165, 1.54) is 32.9 Å². The number of fused-ring (bicyclic) bond motifs is 6. The lowest BCUT2D eigenvalue weighted by atomic mass is 10.0. The van der Waals surface area contributed by atoms with Crippen LogP contribution in [0, 0.1) is 0 Å². The lowest BCUT2D eigenvalue weighted by Crippen LogP contribution is -2.04. The van der Waals surface area contributed by atoms with Gasteiger partial charge in [0, 0.05) is 32.8 Å². The van der Waals surface area contributed by atoms with E-state index in [1.807, 2.05) is 55.5 Å². The zero-order valence-electron chi connectivity index (χ0n) is 31.5. The number of rotatable bonds is 8. The Labute approximate surface area is 331 Å². The molecule has 0 aliphatic heterocycles. The molecular weight excluding hydrogens is 693 g/mol. The summed E-state index contributed by atoms with van der Waals surface area (Å²) in [6.07, 6.45) is 7.98. The second-order valence-corrected chi connectivity index (χ2v) is 14.3. The van der Waals surface area contributed by atoms with Gasteiger partial charge < -0.3 is 4.57 Å². The molecule has 0 saturated heterocycles. The lowest BCUT2D eigenvalue weighted by Gasteiger charge is -2.12. The predicted octanol–water partition coefficient (Wildman–Crippen LogP) is 13.8. The van der Waals surface area contributed by atoms with Gasteiger partial charge in [-0.3, -0.25) is 4.57 Å². The Morgan fingerprint density at radius 1 is 0.456 bits per heavy atom. The summed E-state index contributed by atoms with van der Waals surface area (Å²) in [4.78, 5) is 10.3. The van der Waals surface area contributed by atoms with Gasteiger partial charge in [0.2, 0.25) is 5.95 Å². The molecule has 0 atom stereocenters. The van der Waals surface area contributed by atoms with E-state index in [-0.39, 0.29) is 0 Å². The highest BCUT2D eigenvalue weighted by atomic mass is 15.2. The van der Waals surface area contributed by atoms with Crippen molar-refractivity contribution < 1.29 is 0 Å². The molecule has 4 heteroatoms. The Hall–Kier alpha value is -7.56. The molecule has 3 heterocycles. The summed E-state index contributed by atoms with van der Waals surface area (Å²) in [5, 5.41) is 4.74. The van der Waals surface area contributed by atoms with Gasteiger partial charge in [-0.05, 0) is 89.3 Å². The second kappa shape index (κ2) is 14.3. The lowest BCUT2D eigenvalue weighted by molar-refractivity contribution is 0.984. The summed E-state index contributed by atoms with van der Waals surface area (Å²) in [7, 11) is 0. The zero-order valence-corrected chi connectivity index (χ0v) is 31.5. The summed E-state index contributed by atoms with van der Waals surface area (Å²) in [6.45, 7) is 6.38. The number of aromatic nitrogens is 4. The van der Waals surface area contributed by atoms with Crippen molar-refractivity contribution in [3.8, 4) is 45.1 Å². The number of allylic oxidation sites excluding steroid dienone is 5.